The fourth-order valence-corrected chi connectivity index (χ4v) is 10.6. The molecule has 0 spiro atoms. The summed E-state index contributed by atoms with van der Waals surface area (Å²) in [4.78, 5) is 28.0. The number of nitrogens with zero attached hydrogens (tertiary/aromatic N) is 1. The molecule has 4 aliphatic rings. The maximum atomic E-state index is 13.1. The second-order valence-electron chi connectivity index (χ2n) is 16.8. The second-order valence-corrected chi connectivity index (χ2v) is 16.8. The van der Waals surface area contributed by atoms with Crippen LogP contribution in [0.2, 0.25) is 0 Å². The molecule has 3 saturated carbocycles. The molecule has 7 nitrogen and oxygen atoms in total. The molecule has 1 amide bonds. The highest BCUT2D eigenvalue weighted by Gasteiger charge is 2.59. The van der Waals surface area contributed by atoms with Crippen LogP contribution in [0.1, 0.15) is 131 Å². The molecule has 4 unspecified atom stereocenters. The summed E-state index contributed by atoms with van der Waals surface area (Å²) in [7, 11) is 0. The number of fused-ring (bicyclic) bond motifs is 5. The number of allylic oxidation sites excluding steroid dienone is 1. The minimum absolute atomic E-state index is 0.0952. The van der Waals surface area contributed by atoms with Crippen LogP contribution in [-0.4, -0.2) is 61.6 Å². The number of rotatable bonds is 17. The fourth-order valence-electron chi connectivity index (χ4n) is 10.6. The van der Waals surface area contributed by atoms with Crippen molar-refractivity contribution in [2.75, 3.05) is 32.7 Å². The first-order chi connectivity index (χ1) is 21.9. The molecule has 7 heteroatoms. The second kappa shape index (κ2) is 16.8. The van der Waals surface area contributed by atoms with Gasteiger partial charge >= 0.3 is 5.97 Å². The highest BCUT2D eigenvalue weighted by molar-refractivity contribution is 5.84. The van der Waals surface area contributed by atoms with Crippen molar-refractivity contribution in [3.05, 3.63) is 11.6 Å². The number of hydrogen-bond acceptors (Lipinski definition) is 6. The molecule has 5 N–H and O–H groups in total. The lowest BCUT2D eigenvalue weighted by atomic mass is 9.47. The summed E-state index contributed by atoms with van der Waals surface area (Å²) in [5.74, 6) is 4.51. The Balaban J connectivity index is 1.28. The topological polar surface area (TPSA) is 111 Å². The minimum atomic E-state index is -0.647. The molecule has 0 aliphatic heterocycles. The van der Waals surface area contributed by atoms with Crippen molar-refractivity contribution in [2.24, 2.45) is 57.8 Å². The molecule has 4 aliphatic carbocycles. The van der Waals surface area contributed by atoms with Crippen molar-refractivity contribution < 1.29 is 14.3 Å². The average Bonchev–Trinajstić information content (AvgIpc) is 3.38. The smallest absolute Gasteiger partial charge is 0.328 e. The number of nitrogens with two attached hydrogens (primary N) is 2. The van der Waals surface area contributed by atoms with Gasteiger partial charge in [0.05, 0.1) is 0 Å². The Morgan fingerprint density at radius 1 is 0.935 bits per heavy atom. The molecule has 3 fully saturated rings. The van der Waals surface area contributed by atoms with Crippen molar-refractivity contribution in [3.63, 3.8) is 0 Å². The van der Waals surface area contributed by atoms with E-state index in [9.17, 15) is 9.59 Å². The summed E-state index contributed by atoms with van der Waals surface area (Å²) in [5, 5.41) is 2.89. The fraction of sp³-hybridized carbons (Fsp3) is 0.897. The molecule has 0 aromatic heterocycles. The van der Waals surface area contributed by atoms with Crippen LogP contribution < -0.4 is 16.8 Å². The number of carbonyl (C=O) groups is 2. The molecule has 0 saturated heterocycles. The van der Waals surface area contributed by atoms with Gasteiger partial charge in [-0.05, 0) is 137 Å². The predicted octanol–water partition coefficient (Wildman–Crippen LogP) is 6.83. The third-order valence-corrected chi connectivity index (χ3v) is 13.3. The van der Waals surface area contributed by atoms with E-state index in [0.717, 1.165) is 80.7 Å². The van der Waals surface area contributed by atoms with Gasteiger partial charge in [-0.15, -0.1) is 0 Å². The zero-order valence-corrected chi connectivity index (χ0v) is 30.5. The van der Waals surface area contributed by atoms with Crippen LogP contribution in [0.5, 0.6) is 0 Å². The first-order valence-electron chi connectivity index (χ1n) is 19.2. The largest absolute Gasteiger partial charge is 0.461 e. The molecular weight excluding hydrogens is 572 g/mol. The van der Waals surface area contributed by atoms with Gasteiger partial charge in [0, 0.05) is 19.4 Å². The third kappa shape index (κ3) is 8.77. The summed E-state index contributed by atoms with van der Waals surface area (Å²) in [5.41, 5.74) is 13.6. The molecule has 4 rings (SSSR count). The van der Waals surface area contributed by atoms with Gasteiger partial charge in [-0.2, -0.15) is 0 Å². The van der Waals surface area contributed by atoms with Gasteiger partial charge in [0.1, 0.15) is 12.1 Å². The number of nitrogens with one attached hydrogen (secondary N) is 1. The minimum Gasteiger partial charge on any atom is -0.461 e. The first kappa shape index (κ1) is 37.4. The maximum Gasteiger partial charge on any atom is 0.328 e. The first-order valence-corrected chi connectivity index (χ1v) is 19.2. The molecule has 9 atom stereocenters. The number of hydrogen-bond donors (Lipinski definition) is 3. The molecule has 0 radical (unpaired) electrons. The van der Waals surface area contributed by atoms with Gasteiger partial charge in [0.2, 0.25) is 5.91 Å². The molecule has 0 aromatic rings. The molecule has 0 bridgehead atoms. The Hall–Kier alpha value is -1.44. The summed E-state index contributed by atoms with van der Waals surface area (Å²) < 4.78 is 6.06. The third-order valence-electron chi connectivity index (χ3n) is 13.3. The molecule has 264 valence electrons. The Bertz CT molecular complexity index is 1020. The number of ether oxygens (including phenoxy) is 1. The highest BCUT2D eigenvalue weighted by Crippen LogP contribution is 2.67. The lowest BCUT2D eigenvalue weighted by Crippen LogP contribution is -2.51. The van der Waals surface area contributed by atoms with E-state index in [1.54, 1.807) is 6.92 Å². The Morgan fingerprint density at radius 2 is 1.65 bits per heavy atom. The lowest BCUT2D eigenvalue weighted by Gasteiger charge is -2.58. The van der Waals surface area contributed by atoms with Crippen molar-refractivity contribution in [1.82, 2.24) is 10.2 Å². The quantitative estimate of drug-likeness (QED) is 0.118. The summed E-state index contributed by atoms with van der Waals surface area (Å²) in [6.07, 6.45) is 18.4. The standard InChI is InChI=1S/C39H70N4O3/c1-27(2)10-7-11-28(3)33-14-15-34-32-13-12-30-26-31(16-19-38(30,5)35(32)17-20-39(33,34)6)46-37(45)29(4)42-36(44)18-25-43(23-8-21-40)24-9-22-41/h12,27-29,31-35H,7-11,13-26,40-41H2,1-6H3,(H,42,44)/t28-,29-,31?,32?,33-,34?,35?,38+,39-/m1/s1. The summed E-state index contributed by atoms with van der Waals surface area (Å²) in [6.45, 7) is 17.8. The van der Waals surface area contributed by atoms with Gasteiger partial charge in [-0.3, -0.25) is 4.79 Å². The van der Waals surface area contributed by atoms with E-state index in [1.807, 2.05) is 0 Å². The van der Waals surface area contributed by atoms with Gasteiger partial charge < -0.3 is 26.4 Å². The van der Waals surface area contributed by atoms with E-state index in [0.29, 0.717) is 31.5 Å². The maximum absolute atomic E-state index is 13.1. The normalized spacial score (nSPS) is 33.5. The van der Waals surface area contributed by atoms with Crippen LogP contribution in [0.25, 0.3) is 0 Å². The monoisotopic (exact) mass is 643 g/mol. The average molecular weight is 643 g/mol. The molecule has 0 heterocycles. The zero-order valence-electron chi connectivity index (χ0n) is 30.5. The van der Waals surface area contributed by atoms with Crippen LogP contribution in [-0.2, 0) is 14.3 Å². The van der Waals surface area contributed by atoms with E-state index < -0.39 is 6.04 Å². The summed E-state index contributed by atoms with van der Waals surface area (Å²) >= 11 is 0. The van der Waals surface area contributed by atoms with Gasteiger partial charge in [-0.1, -0.05) is 65.5 Å². The van der Waals surface area contributed by atoms with Crippen molar-refractivity contribution in [3.8, 4) is 0 Å². The van der Waals surface area contributed by atoms with Crippen LogP contribution in [0.3, 0.4) is 0 Å². The Kier molecular flexibility index (Phi) is 13.6. The van der Waals surface area contributed by atoms with Gasteiger partial charge in [0.15, 0.2) is 0 Å². The number of amides is 1. The lowest BCUT2D eigenvalue weighted by molar-refractivity contribution is -0.154. The van der Waals surface area contributed by atoms with E-state index in [-0.39, 0.29) is 23.4 Å². The van der Waals surface area contributed by atoms with E-state index in [4.69, 9.17) is 16.2 Å². The van der Waals surface area contributed by atoms with Crippen LogP contribution in [0, 0.1) is 46.3 Å². The van der Waals surface area contributed by atoms with Crippen molar-refractivity contribution in [2.45, 2.75) is 144 Å². The Morgan fingerprint density at radius 3 is 2.33 bits per heavy atom. The van der Waals surface area contributed by atoms with E-state index in [2.05, 4.69) is 50.9 Å². The van der Waals surface area contributed by atoms with E-state index >= 15 is 0 Å². The van der Waals surface area contributed by atoms with E-state index in [1.165, 1.54) is 56.9 Å². The van der Waals surface area contributed by atoms with Gasteiger partial charge in [-0.25, -0.2) is 4.79 Å². The predicted molar refractivity (Wildman–Crippen MR) is 189 cm³/mol. The molecule has 0 aromatic carbocycles. The SMILES string of the molecule is CC(C)CCC[C@@H](C)[C@H]1CCC2C3CC=C4CC(OC(=O)[C@@H](C)NC(=O)CCN(CCCN)CCCN)CC[C@]4(C)C3CC[C@@]21C. The zero-order chi connectivity index (χ0) is 33.5. The summed E-state index contributed by atoms with van der Waals surface area (Å²) in [6, 6.07) is -0.647. The van der Waals surface area contributed by atoms with Crippen LogP contribution >= 0.6 is 0 Å². The van der Waals surface area contributed by atoms with Crippen LogP contribution in [0.15, 0.2) is 11.6 Å². The highest BCUT2D eigenvalue weighted by atomic mass is 16.5. The Labute approximate surface area is 281 Å². The number of carbonyl (C=O) groups excluding carboxylic acids is 2. The van der Waals surface area contributed by atoms with Crippen LogP contribution in [0.4, 0.5) is 0 Å². The van der Waals surface area contributed by atoms with Crippen molar-refractivity contribution >= 4 is 11.9 Å². The van der Waals surface area contributed by atoms with Crippen molar-refractivity contribution in [1.29, 1.82) is 0 Å². The number of esters is 1. The van der Waals surface area contributed by atoms with Gasteiger partial charge in [0.25, 0.3) is 0 Å². The molecule has 46 heavy (non-hydrogen) atoms. The molecular formula is C39H70N4O3.